The third-order valence-electron chi connectivity index (χ3n) is 5.60. The van der Waals surface area contributed by atoms with Crippen molar-refractivity contribution in [3.63, 3.8) is 0 Å². The molecule has 1 aliphatic carbocycles. The highest BCUT2D eigenvalue weighted by molar-refractivity contribution is 6.07. The molecule has 0 bridgehead atoms. The highest BCUT2D eigenvalue weighted by atomic mass is 19.1. The predicted molar refractivity (Wildman–Crippen MR) is 105 cm³/mol. The van der Waals surface area contributed by atoms with Crippen LogP contribution >= 0.6 is 0 Å². The first kappa shape index (κ1) is 19.0. The number of allylic oxidation sites excluding steroid dienone is 2. The Bertz CT molecular complexity index is 1080. The molecule has 1 amide bonds. The standard InChI is InChI=1S/C22H19FN2O4/c1-13-9-10-14(25(28)29)11-19(13)24-18-7-4-8-20(26)22(18)16(12-21(24)27)15-5-2-3-6-17(15)23/h2-3,5-6,9-11,16H,4,7-8,12H2,1H3. The summed E-state index contributed by atoms with van der Waals surface area (Å²) < 4.78 is 14.5. The van der Waals surface area contributed by atoms with Gasteiger partial charge in [0.05, 0.1) is 10.6 Å². The van der Waals surface area contributed by atoms with E-state index >= 15 is 0 Å². The second-order valence-corrected chi connectivity index (χ2v) is 7.37. The molecule has 1 heterocycles. The summed E-state index contributed by atoms with van der Waals surface area (Å²) in [5.74, 6) is -1.48. The van der Waals surface area contributed by atoms with Crippen LogP contribution in [0.3, 0.4) is 0 Å². The van der Waals surface area contributed by atoms with Crippen molar-refractivity contribution < 1.29 is 18.9 Å². The molecule has 0 N–H and O–H groups in total. The van der Waals surface area contributed by atoms with Crippen LogP contribution in [0.2, 0.25) is 0 Å². The van der Waals surface area contributed by atoms with E-state index in [4.69, 9.17) is 0 Å². The second-order valence-electron chi connectivity index (χ2n) is 7.37. The molecule has 0 fully saturated rings. The van der Waals surface area contributed by atoms with Crippen LogP contribution in [0.5, 0.6) is 0 Å². The number of aryl methyl sites for hydroxylation is 1. The van der Waals surface area contributed by atoms with Gasteiger partial charge in [0.1, 0.15) is 5.82 Å². The van der Waals surface area contributed by atoms with Crippen molar-refractivity contribution in [2.45, 2.75) is 38.5 Å². The Morgan fingerprint density at radius 1 is 1.14 bits per heavy atom. The van der Waals surface area contributed by atoms with E-state index in [1.54, 1.807) is 31.2 Å². The summed E-state index contributed by atoms with van der Waals surface area (Å²) >= 11 is 0. The Kier molecular flexibility index (Phi) is 4.74. The predicted octanol–water partition coefficient (Wildman–Crippen LogP) is 4.57. The summed E-state index contributed by atoms with van der Waals surface area (Å²) in [5, 5.41) is 11.2. The van der Waals surface area contributed by atoms with E-state index in [0.29, 0.717) is 47.3 Å². The molecule has 0 spiro atoms. The van der Waals surface area contributed by atoms with Gasteiger partial charge in [-0.15, -0.1) is 0 Å². The first-order chi connectivity index (χ1) is 13.9. The Morgan fingerprint density at radius 3 is 2.62 bits per heavy atom. The maximum Gasteiger partial charge on any atom is 0.271 e. The largest absolute Gasteiger partial charge is 0.294 e. The number of hydrogen-bond acceptors (Lipinski definition) is 4. The minimum absolute atomic E-state index is 0.0619. The fraction of sp³-hybridized carbons (Fsp3) is 0.273. The molecule has 2 aliphatic rings. The fourth-order valence-corrected chi connectivity index (χ4v) is 4.25. The van der Waals surface area contributed by atoms with Gasteiger partial charge in [-0.1, -0.05) is 24.3 Å². The van der Waals surface area contributed by atoms with Crippen LogP contribution in [0.15, 0.2) is 53.7 Å². The van der Waals surface area contributed by atoms with Gasteiger partial charge in [0.25, 0.3) is 5.69 Å². The van der Waals surface area contributed by atoms with Crippen molar-refractivity contribution in [2.24, 2.45) is 0 Å². The van der Waals surface area contributed by atoms with Crippen molar-refractivity contribution in [1.82, 2.24) is 0 Å². The molecular formula is C22H19FN2O4. The van der Waals surface area contributed by atoms with Crippen molar-refractivity contribution in [2.75, 3.05) is 4.90 Å². The number of rotatable bonds is 3. The van der Waals surface area contributed by atoms with Gasteiger partial charge < -0.3 is 0 Å². The number of hydrogen-bond donors (Lipinski definition) is 0. The Hall–Kier alpha value is -3.35. The van der Waals surface area contributed by atoms with Gasteiger partial charge in [0, 0.05) is 42.2 Å². The molecule has 1 aliphatic heterocycles. The number of nitro groups is 1. The van der Waals surface area contributed by atoms with E-state index in [1.807, 2.05) is 0 Å². The van der Waals surface area contributed by atoms with Gasteiger partial charge in [-0.2, -0.15) is 0 Å². The molecule has 148 valence electrons. The molecule has 29 heavy (non-hydrogen) atoms. The lowest BCUT2D eigenvalue weighted by atomic mass is 9.77. The van der Waals surface area contributed by atoms with Crippen molar-refractivity contribution in [3.05, 3.63) is 80.8 Å². The van der Waals surface area contributed by atoms with Crippen LogP contribution in [-0.2, 0) is 9.59 Å². The van der Waals surface area contributed by atoms with Gasteiger partial charge in [0.2, 0.25) is 5.91 Å². The van der Waals surface area contributed by atoms with Crippen molar-refractivity contribution in [1.29, 1.82) is 0 Å². The van der Waals surface area contributed by atoms with E-state index in [1.165, 1.54) is 23.1 Å². The lowest BCUT2D eigenvalue weighted by Crippen LogP contribution is -2.41. The molecule has 1 atom stereocenters. The molecule has 0 saturated heterocycles. The number of non-ortho nitro benzene ring substituents is 1. The van der Waals surface area contributed by atoms with Gasteiger partial charge in [-0.05, 0) is 37.0 Å². The number of nitrogens with zero attached hydrogens (tertiary/aromatic N) is 2. The number of ketones is 1. The molecule has 0 aromatic heterocycles. The highest BCUT2D eigenvalue weighted by Gasteiger charge is 2.41. The van der Waals surface area contributed by atoms with Crippen molar-refractivity contribution >= 4 is 23.1 Å². The Labute approximate surface area is 166 Å². The molecule has 4 rings (SSSR count). The Balaban J connectivity index is 1.91. The number of halogens is 1. The third-order valence-corrected chi connectivity index (χ3v) is 5.60. The van der Waals surface area contributed by atoms with Gasteiger partial charge in [-0.25, -0.2) is 4.39 Å². The average Bonchev–Trinajstić information content (AvgIpc) is 2.68. The van der Waals surface area contributed by atoms with E-state index in [2.05, 4.69) is 0 Å². The van der Waals surface area contributed by atoms with Gasteiger partial charge >= 0.3 is 0 Å². The lowest BCUT2D eigenvalue weighted by molar-refractivity contribution is -0.384. The van der Waals surface area contributed by atoms with Gasteiger partial charge in [0.15, 0.2) is 5.78 Å². The second kappa shape index (κ2) is 7.24. The van der Waals surface area contributed by atoms with Crippen LogP contribution < -0.4 is 4.90 Å². The van der Waals surface area contributed by atoms with Gasteiger partial charge in [-0.3, -0.25) is 24.6 Å². The zero-order valence-electron chi connectivity index (χ0n) is 15.9. The van der Waals surface area contributed by atoms with Crippen LogP contribution in [0, 0.1) is 22.9 Å². The third kappa shape index (κ3) is 3.22. The molecule has 0 saturated carbocycles. The molecule has 0 radical (unpaired) electrons. The maximum atomic E-state index is 14.5. The number of carbonyl (C=O) groups is 2. The van der Waals surface area contributed by atoms with Crippen LogP contribution in [0.4, 0.5) is 15.8 Å². The maximum absolute atomic E-state index is 14.5. The molecule has 1 unspecified atom stereocenters. The van der Waals surface area contributed by atoms with E-state index in [9.17, 15) is 24.1 Å². The zero-order valence-corrected chi connectivity index (χ0v) is 15.9. The number of nitro benzene ring substituents is 1. The fourth-order valence-electron chi connectivity index (χ4n) is 4.25. The molecule has 2 aromatic rings. The molecular weight excluding hydrogens is 375 g/mol. The summed E-state index contributed by atoms with van der Waals surface area (Å²) in [6.45, 7) is 1.76. The summed E-state index contributed by atoms with van der Waals surface area (Å²) in [5.41, 5.74) is 2.29. The van der Waals surface area contributed by atoms with E-state index in [-0.39, 0.29) is 23.8 Å². The van der Waals surface area contributed by atoms with E-state index < -0.39 is 16.7 Å². The normalized spacial score (nSPS) is 19.4. The summed E-state index contributed by atoms with van der Waals surface area (Å²) in [7, 11) is 0. The number of benzene rings is 2. The monoisotopic (exact) mass is 394 g/mol. The smallest absolute Gasteiger partial charge is 0.271 e. The quantitative estimate of drug-likeness (QED) is 0.564. The highest BCUT2D eigenvalue weighted by Crippen LogP contribution is 2.44. The number of carbonyl (C=O) groups excluding carboxylic acids is 2. The molecule has 6 nitrogen and oxygen atoms in total. The minimum Gasteiger partial charge on any atom is -0.294 e. The number of anilines is 1. The summed E-state index contributed by atoms with van der Waals surface area (Å²) in [4.78, 5) is 38.2. The topological polar surface area (TPSA) is 80.5 Å². The van der Waals surface area contributed by atoms with Crippen molar-refractivity contribution in [3.8, 4) is 0 Å². The lowest BCUT2D eigenvalue weighted by Gasteiger charge is -2.38. The first-order valence-corrected chi connectivity index (χ1v) is 9.47. The van der Waals surface area contributed by atoms with E-state index in [0.717, 1.165) is 0 Å². The molecule has 2 aromatic carbocycles. The minimum atomic E-state index is -0.637. The average molecular weight is 394 g/mol. The SMILES string of the molecule is Cc1ccc([N+](=O)[O-])cc1N1C(=O)CC(c2ccccc2F)C2=C1CCCC2=O. The zero-order chi connectivity index (χ0) is 20.7. The summed E-state index contributed by atoms with van der Waals surface area (Å²) in [6.07, 6.45) is 1.35. The number of amides is 1. The number of Topliss-reactive ketones (excluding diaryl/α,β-unsaturated/α-hetero) is 1. The molecule has 7 heteroatoms. The van der Waals surface area contributed by atoms with Crippen LogP contribution in [-0.4, -0.2) is 16.6 Å². The first-order valence-electron chi connectivity index (χ1n) is 9.47. The van der Waals surface area contributed by atoms with Crippen LogP contribution in [0.25, 0.3) is 0 Å². The Morgan fingerprint density at radius 2 is 1.90 bits per heavy atom. The van der Waals surface area contributed by atoms with Crippen LogP contribution in [0.1, 0.15) is 42.7 Å². The summed E-state index contributed by atoms with van der Waals surface area (Å²) in [6, 6.07) is 10.5.